The Labute approximate surface area is 140 Å². The van der Waals surface area contributed by atoms with Crippen LogP contribution in [-0.2, 0) is 21.4 Å². The van der Waals surface area contributed by atoms with Gasteiger partial charge in [0, 0.05) is 32.5 Å². The molecule has 24 heavy (non-hydrogen) atoms. The summed E-state index contributed by atoms with van der Waals surface area (Å²) in [6.45, 7) is 0.843. The van der Waals surface area contributed by atoms with Crippen LogP contribution in [0.2, 0.25) is 0 Å². The van der Waals surface area contributed by atoms with E-state index in [9.17, 15) is 17.6 Å². The smallest absolute Gasteiger partial charge is 0.243 e. The van der Waals surface area contributed by atoms with E-state index in [0.717, 1.165) is 16.4 Å². The van der Waals surface area contributed by atoms with E-state index in [2.05, 4.69) is 10.3 Å². The Balaban J connectivity index is 1.80. The fourth-order valence-electron chi connectivity index (χ4n) is 2.04. The number of imidazole rings is 1. The summed E-state index contributed by atoms with van der Waals surface area (Å²) in [5, 5.41) is 2.67. The molecule has 1 N–H and O–H groups in total. The van der Waals surface area contributed by atoms with E-state index < -0.39 is 21.7 Å². The van der Waals surface area contributed by atoms with Gasteiger partial charge in [-0.05, 0) is 30.7 Å². The van der Waals surface area contributed by atoms with E-state index in [0.29, 0.717) is 19.5 Å². The minimum absolute atomic E-state index is 0.0562. The van der Waals surface area contributed by atoms with Crippen molar-refractivity contribution in [2.75, 3.05) is 20.1 Å². The molecule has 7 nitrogen and oxygen atoms in total. The summed E-state index contributed by atoms with van der Waals surface area (Å²) in [5.74, 6) is -0.916. The summed E-state index contributed by atoms with van der Waals surface area (Å²) in [6.07, 6.45) is 5.89. The van der Waals surface area contributed by atoms with Gasteiger partial charge in [-0.25, -0.2) is 17.8 Å². The number of carbonyl (C=O) groups is 1. The zero-order chi connectivity index (χ0) is 17.6. The molecule has 0 radical (unpaired) electrons. The Morgan fingerprint density at radius 1 is 1.33 bits per heavy atom. The zero-order valence-corrected chi connectivity index (χ0v) is 14.0. The van der Waals surface area contributed by atoms with Crippen LogP contribution in [-0.4, -0.2) is 48.3 Å². The molecule has 0 spiro atoms. The van der Waals surface area contributed by atoms with Gasteiger partial charge in [0.2, 0.25) is 15.9 Å². The predicted octanol–water partition coefficient (Wildman–Crippen LogP) is 0.849. The summed E-state index contributed by atoms with van der Waals surface area (Å²) >= 11 is 0. The highest BCUT2D eigenvalue weighted by atomic mass is 32.2. The van der Waals surface area contributed by atoms with Crippen LogP contribution in [0.5, 0.6) is 0 Å². The number of aryl methyl sites for hydroxylation is 1. The monoisotopic (exact) mass is 354 g/mol. The first-order valence-corrected chi connectivity index (χ1v) is 8.78. The van der Waals surface area contributed by atoms with Gasteiger partial charge in [0.1, 0.15) is 5.82 Å². The normalized spacial score (nSPS) is 11.6. The second-order valence-corrected chi connectivity index (χ2v) is 7.26. The van der Waals surface area contributed by atoms with Gasteiger partial charge in [-0.2, -0.15) is 4.31 Å². The predicted molar refractivity (Wildman–Crippen MR) is 86.1 cm³/mol. The molecule has 0 saturated heterocycles. The van der Waals surface area contributed by atoms with Gasteiger partial charge in [0.05, 0.1) is 17.8 Å². The second-order valence-electron chi connectivity index (χ2n) is 5.22. The highest BCUT2D eigenvalue weighted by molar-refractivity contribution is 7.89. The van der Waals surface area contributed by atoms with Crippen LogP contribution in [0.4, 0.5) is 4.39 Å². The number of amides is 1. The number of nitrogens with one attached hydrogen (secondary N) is 1. The van der Waals surface area contributed by atoms with Crippen LogP contribution in [0.1, 0.15) is 6.42 Å². The van der Waals surface area contributed by atoms with Gasteiger partial charge in [-0.1, -0.05) is 0 Å². The van der Waals surface area contributed by atoms with E-state index in [4.69, 9.17) is 0 Å². The van der Waals surface area contributed by atoms with Crippen LogP contribution in [0, 0.1) is 5.82 Å². The Morgan fingerprint density at radius 2 is 2.04 bits per heavy atom. The topological polar surface area (TPSA) is 84.3 Å². The fraction of sp³-hybridized carbons (Fsp3) is 0.333. The summed E-state index contributed by atoms with van der Waals surface area (Å²) in [4.78, 5) is 15.7. The van der Waals surface area contributed by atoms with Crippen molar-refractivity contribution in [1.82, 2.24) is 19.2 Å². The number of aromatic nitrogens is 2. The number of hydrogen-bond donors (Lipinski definition) is 1. The van der Waals surface area contributed by atoms with Crippen LogP contribution in [0.25, 0.3) is 0 Å². The van der Waals surface area contributed by atoms with Crippen molar-refractivity contribution >= 4 is 15.9 Å². The molecule has 1 aromatic carbocycles. The molecule has 1 amide bonds. The van der Waals surface area contributed by atoms with Gasteiger partial charge in [-0.15, -0.1) is 0 Å². The summed E-state index contributed by atoms with van der Waals surface area (Å²) in [5.41, 5.74) is 0. The molecule has 1 aromatic heterocycles. The number of halogens is 1. The highest BCUT2D eigenvalue weighted by Gasteiger charge is 2.22. The molecule has 0 aliphatic carbocycles. The summed E-state index contributed by atoms with van der Waals surface area (Å²) < 4.78 is 40.3. The maximum Gasteiger partial charge on any atom is 0.243 e. The summed E-state index contributed by atoms with van der Waals surface area (Å²) in [7, 11) is -2.51. The van der Waals surface area contributed by atoms with Crippen molar-refractivity contribution in [3.63, 3.8) is 0 Å². The first kappa shape index (κ1) is 18.1. The first-order chi connectivity index (χ1) is 11.4. The molecule has 0 aliphatic rings. The highest BCUT2D eigenvalue weighted by Crippen LogP contribution is 2.14. The van der Waals surface area contributed by atoms with E-state index in [1.807, 2.05) is 10.8 Å². The van der Waals surface area contributed by atoms with Crippen molar-refractivity contribution in [1.29, 1.82) is 0 Å². The fourth-order valence-corrected chi connectivity index (χ4v) is 3.17. The van der Waals surface area contributed by atoms with Crippen molar-refractivity contribution in [3.8, 4) is 0 Å². The third kappa shape index (κ3) is 4.87. The summed E-state index contributed by atoms with van der Waals surface area (Å²) in [6, 6.07) is 4.47. The van der Waals surface area contributed by atoms with Crippen molar-refractivity contribution in [2.24, 2.45) is 0 Å². The Bertz CT molecular complexity index is 761. The molecule has 0 aliphatic heterocycles. The number of benzene rings is 1. The van der Waals surface area contributed by atoms with Crippen molar-refractivity contribution in [2.45, 2.75) is 17.9 Å². The molecule has 2 rings (SSSR count). The van der Waals surface area contributed by atoms with Crippen LogP contribution < -0.4 is 5.32 Å². The van der Waals surface area contributed by atoms with Gasteiger partial charge in [0.15, 0.2) is 0 Å². The number of nitrogens with zero attached hydrogens (tertiary/aromatic N) is 3. The molecule has 0 fully saturated rings. The molecule has 130 valence electrons. The molecule has 0 unspecified atom stereocenters. The van der Waals surface area contributed by atoms with Crippen molar-refractivity contribution < 1.29 is 17.6 Å². The third-order valence-corrected chi connectivity index (χ3v) is 5.18. The second kappa shape index (κ2) is 8.02. The lowest BCUT2D eigenvalue weighted by molar-refractivity contribution is -0.121. The average molecular weight is 354 g/mol. The molecule has 0 saturated carbocycles. The van der Waals surface area contributed by atoms with Gasteiger partial charge >= 0.3 is 0 Å². The van der Waals surface area contributed by atoms with Crippen LogP contribution >= 0.6 is 0 Å². The first-order valence-electron chi connectivity index (χ1n) is 7.34. The molecule has 0 atom stereocenters. The number of carbonyl (C=O) groups excluding carboxylic acids is 1. The maximum atomic E-state index is 12.9. The standard InChI is InChI=1S/C15H19FN4O3S/c1-19(24(22,23)14-5-3-13(16)4-6-14)11-15(21)18-7-2-9-20-10-8-17-12-20/h3-6,8,10,12H,2,7,9,11H2,1H3,(H,18,21). The average Bonchev–Trinajstić information content (AvgIpc) is 3.05. The van der Waals surface area contributed by atoms with E-state index in [-0.39, 0.29) is 11.4 Å². The van der Waals surface area contributed by atoms with E-state index in [1.54, 1.807) is 12.5 Å². The largest absolute Gasteiger partial charge is 0.355 e. The minimum Gasteiger partial charge on any atom is -0.355 e. The van der Waals surface area contributed by atoms with E-state index in [1.165, 1.54) is 19.2 Å². The van der Waals surface area contributed by atoms with Crippen molar-refractivity contribution in [3.05, 3.63) is 48.8 Å². The van der Waals surface area contributed by atoms with Gasteiger partial charge in [0.25, 0.3) is 0 Å². The lowest BCUT2D eigenvalue weighted by atomic mass is 10.4. The van der Waals surface area contributed by atoms with Crippen LogP contribution in [0.3, 0.4) is 0 Å². The lowest BCUT2D eigenvalue weighted by Gasteiger charge is -2.17. The van der Waals surface area contributed by atoms with E-state index >= 15 is 0 Å². The quantitative estimate of drug-likeness (QED) is 0.712. The molecule has 1 heterocycles. The lowest BCUT2D eigenvalue weighted by Crippen LogP contribution is -2.38. The van der Waals surface area contributed by atoms with Gasteiger partial charge < -0.3 is 9.88 Å². The number of rotatable bonds is 8. The maximum absolute atomic E-state index is 12.9. The third-order valence-electron chi connectivity index (χ3n) is 3.36. The SMILES string of the molecule is CN(CC(=O)NCCCn1ccnc1)S(=O)(=O)c1ccc(F)cc1. The number of likely N-dealkylation sites (N-methyl/N-ethyl adjacent to an activating group) is 1. The Morgan fingerprint density at radius 3 is 2.67 bits per heavy atom. The molecule has 9 heteroatoms. The molecule has 0 bridgehead atoms. The molecule has 2 aromatic rings. The Hall–Kier alpha value is -2.26. The molecular formula is C15H19FN4O3S. The van der Waals surface area contributed by atoms with Gasteiger partial charge in [-0.3, -0.25) is 4.79 Å². The Kier molecular flexibility index (Phi) is 6.04. The minimum atomic E-state index is -3.82. The zero-order valence-electron chi connectivity index (χ0n) is 13.2. The number of sulfonamides is 1. The van der Waals surface area contributed by atoms with Crippen LogP contribution in [0.15, 0.2) is 47.9 Å². The molecular weight excluding hydrogens is 335 g/mol. The number of hydrogen-bond acceptors (Lipinski definition) is 4.